The molecule has 1 fully saturated rings. The lowest BCUT2D eigenvalue weighted by atomic mass is 9.96. The number of benzene rings is 1. The Balaban J connectivity index is 1.92. The molecule has 1 aliphatic rings. The summed E-state index contributed by atoms with van der Waals surface area (Å²) < 4.78 is 15.5. The van der Waals surface area contributed by atoms with E-state index in [-0.39, 0.29) is 12.4 Å². The van der Waals surface area contributed by atoms with Crippen molar-refractivity contribution in [3.05, 3.63) is 29.8 Å². The Labute approximate surface area is 181 Å². The van der Waals surface area contributed by atoms with Crippen molar-refractivity contribution in [3.63, 3.8) is 0 Å². The summed E-state index contributed by atoms with van der Waals surface area (Å²) in [6.07, 6.45) is -9.47. The molecule has 13 heteroatoms. The molecule has 2 rings (SSSR count). The van der Waals surface area contributed by atoms with E-state index < -0.39 is 73.7 Å². The van der Waals surface area contributed by atoms with Gasteiger partial charge in [0.15, 0.2) is 5.60 Å². The highest BCUT2D eigenvalue weighted by Gasteiger charge is 2.45. The highest BCUT2D eigenvalue weighted by molar-refractivity contribution is 5.88. The monoisotopic (exact) mass is 460 g/mol. The minimum absolute atomic E-state index is 0.172. The fourth-order valence-electron chi connectivity index (χ4n) is 2.88. The number of esters is 1. The minimum Gasteiger partial charge on any atom is -0.481 e. The van der Waals surface area contributed by atoms with Gasteiger partial charge in [-0.15, -0.1) is 0 Å². The van der Waals surface area contributed by atoms with Crippen LogP contribution in [0.25, 0.3) is 0 Å². The molecule has 32 heavy (non-hydrogen) atoms. The molecule has 1 saturated heterocycles. The lowest BCUT2D eigenvalue weighted by molar-refractivity contribution is -0.277. The van der Waals surface area contributed by atoms with Crippen molar-refractivity contribution < 1.29 is 64.3 Å². The second-order valence-corrected chi connectivity index (χ2v) is 7.20. The van der Waals surface area contributed by atoms with Crippen molar-refractivity contribution in [3.8, 4) is 5.75 Å². The Morgan fingerprint density at radius 3 is 2.12 bits per heavy atom. The van der Waals surface area contributed by atoms with Crippen LogP contribution in [0.1, 0.15) is 18.4 Å². The third kappa shape index (κ3) is 6.35. The van der Waals surface area contributed by atoms with Crippen LogP contribution in [0.15, 0.2) is 24.3 Å². The van der Waals surface area contributed by atoms with Gasteiger partial charge in [0, 0.05) is 0 Å². The summed E-state index contributed by atoms with van der Waals surface area (Å²) >= 11 is 0. The zero-order chi connectivity index (χ0) is 24.1. The molecule has 1 aromatic rings. The molecule has 6 unspecified atom stereocenters. The SMILES string of the molecule is O=C(O)CC(O)(CC(=O)OCc1ccc(OC2OC(CO)C(O)C(O)C2O)cc1)C(=O)O. The Morgan fingerprint density at radius 1 is 0.969 bits per heavy atom. The average molecular weight is 460 g/mol. The van der Waals surface area contributed by atoms with Gasteiger partial charge in [-0.2, -0.15) is 0 Å². The lowest BCUT2D eigenvalue weighted by Gasteiger charge is -2.39. The Hall–Kier alpha value is -2.81. The molecule has 6 atom stereocenters. The molecular weight excluding hydrogens is 436 g/mol. The Bertz CT molecular complexity index is 808. The number of aliphatic hydroxyl groups is 5. The fourth-order valence-corrected chi connectivity index (χ4v) is 2.88. The first-order valence-corrected chi connectivity index (χ1v) is 9.36. The summed E-state index contributed by atoms with van der Waals surface area (Å²) in [5, 5.41) is 66.2. The maximum atomic E-state index is 11.8. The minimum atomic E-state index is -2.80. The van der Waals surface area contributed by atoms with Gasteiger partial charge in [0.2, 0.25) is 6.29 Å². The zero-order valence-electron chi connectivity index (χ0n) is 16.6. The van der Waals surface area contributed by atoms with E-state index in [1.54, 1.807) is 0 Å². The number of carbonyl (C=O) groups is 3. The number of hydrogen-bond donors (Lipinski definition) is 7. The molecule has 178 valence electrons. The molecule has 0 spiro atoms. The predicted octanol–water partition coefficient (Wildman–Crippen LogP) is -2.41. The number of ether oxygens (including phenoxy) is 3. The Morgan fingerprint density at radius 2 is 1.59 bits per heavy atom. The summed E-state index contributed by atoms with van der Waals surface area (Å²) in [6.45, 7) is -0.930. The van der Waals surface area contributed by atoms with Crippen LogP contribution in [-0.4, -0.2) is 96.6 Å². The molecule has 0 aromatic heterocycles. The summed E-state index contributed by atoms with van der Waals surface area (Å²) in [6, 6.07) is 5.71. The van der Waals surface area contributed by atoms with Crippen LogP contribution >= 0.6 is 0 Å². The van der Waals surface area contributed by atoms with Crippen molar-refractivity contribution in [2.45, 2.75) is 55.8 Å². The topological polar surface area (TPSA) is 221 Å². The van der Waals surface area contributed by atoms with Crippen LogP contribution in [0.2, 0.25) is 0 Å². The molecule has 1 aromatic carbocycles. The quantitative estimate of drug-likeness (QED) is 0.181. The number of carboxylic acids is 2. The second-order valence-electron chi connectivity index (χ2n) is 7.20. The van der Waals surface area contributed by atoms with Gasteiger partial charge in [0.25, 0.3) is 0 Å². The molecule has 0 radical (unpaired) electrons. The van der Waals surface area contributed by atoms with Gasteiger partial charge >= 0.3 is 17.9 Å². The molecule has 1 aliphatic heterocycles. The number of hydrogen-bond acceptors (Lipinski definition) is 11. The van der Waals surface area contributed by atoms with E-state index in [4.69, 9.17) is 24.4 Å². The van der Waals surface area contributed by atoms with Crippen molar-refractivity contribution in [1.29, 1.82) is 0 Å². The lowest BCUT2D eigenvalue weighted by Crippen LogP contribution is -2.60. The third-order valence-corrected chi connectivity index (χ3v) is 4.70. The fraction of sp³-hybridized carbons (Fsp3) is 0.526. The van der Waals surface area contributed by atoms with E-state index in [0.29, 0.717) is 5.56 Å². The van der Waals surface area contributed by atoms with Crippen LogP contribution in [0, 0.1) is 0 Å². The molecule has 13 nitrogen and oxygen atoms in total. The first-order chi connectivity index (χ1) is 15.0. The standard InChI is InChI=1S/C19H24O13/c20-7-11-14(24)15(25)16(26)17(32-11)31-10-3-1-9(2-4-10)8-30-13(23)6-19(29,18(27)28)5-12(21)22/h1-4,11,14-17,20,24-26,29H,5-8H2,(H,21,22)(H,27,28). The van der Waals surface area contributed by atoms with Gasteiger partial charge < -0.3 is 50.0 Å². The van der Waals surface area contributed by atoms with Gasteiger partial charge in [-0.05, 0) is 17.7 Å². The molecule has 0 saturated carbocycles. The van der Waals surface area contributed by atoms with E-state index in [1.165, 1.54) is 24.3 Å². The second kappa shape index (κ2) is 10.7. The highest BCUT2D eigenvalue weighted by atomic mass is 16.7. The van der Waals surface area contributed by atoms with Crippen molar-refractivity contribution in [2.24, 2.45) is 0 Å². The normalized spacial score (nSPS) is 27.2. The predicted molar refractivity (Wildman–Crippen MR) is 100 cm³/mol. The van der Waals surface area contributed by atoms with Gasteiger partial charge in [0.1, 0.15) is 36.8 Å². The van der Waals surface area contributed by atoms with E-state index in [0.717, 1.165) is 0 Å². The highest BCUT2D eigenvalue weighted by Crippen LogP contribution is 2.25. The van der Waals surface area contributed by atoms with Crippen LogP contribution in [0.3, 0.4) is 0 Å². The van der Waals surface area contributed by atoms with Crippen molar-refractivity contribution in [2.75, 3.05) is 6.61 Å². The molecule has 0 amide bonds. The number of rotatable bonds is 10. The molecular formula is C19H24O13. The molecule has 7 N–H and O–H groups in total. The first-order valence-electron chi connectivity index (χ1n) is 9.36. The van der Waals surface area contributed by atoms with E-state index >= 15 is 0 Å². The number of aliphatic carboxylic acids is 2. The van der Waals surface area contributed by atoms with E-state index in [1.807, 2.05) is 0 Å². The number of carbonyl (C=O) groups excluding carboxylic acids is 1. The summed E-state index contributed by atoms with van der Waals surface area (Å²) in [7, 11) is 0. The van der Waals surface area contributed by atoms with Crippen LogP contribution in [-0.2, 0) is 30.5 Å². The molecule has 0 aliphatic carbocycles. The molecule has 0 bridgehead atoms. The van der Waals surface area contributed by atoms with Crippen LogP contribution in [0.4, 0.5) is 0 Å². The third-order valence-electron chi connectivity index (χ3n) is 4.70. The summed E-state index contributed by atoms with van der Waals surface area (Å²) in [5.74, 6) is -4.42. The average Bonchev–Trinajstić information content (AvgIpc) is 2.72. The summed E-state index contributed by atoms with van der Waals surface area (Å²) in [5.41, 5.74) is -2.37. The number of aliphatic hydroxyl groups excluding tert-OH is 4. The van der Waals surface area contributed by atoms with Crippen molar-refractivity contribution in [1.82, 2.24) is 0 Å². The van der Waals surface area contributed by atoms with Crippen LogP contribution < -0.4 is 4.74 Å². The largest absolute Gasteiger partial charge is 0.481 e. The maximum absolute atomic E-state index is 11.8. The van der Waals surface area contributed by atoms with Gasteiger partial charge in [-0.1, -0.05) is 12.1 Å². The van der Waals surface area contributed by atoms with Gasteiger partial charge in [-0.3, -0.25) is 9.59 Å². The maximum Gasteiger partial charge on any atom is 0.336 e. The van der Waals surface area contributed by atoms with Crippen LogP contribution in [0.5, 0.6) is 5.75 Å². The van der Waals surface area contributed by atoms with Gasteiger partial charge in [0.05, 0.1) is 19.4 Å². The van der Waals surface area contributed by atoms with E-state index in [2.05, 4.69) is 0 Å². The summed E-state index contributed by atoms with van der Waals surface area (Å²) in [4.78, 5) is 33.6. The first kappa shape index (κ1) is 25.5. The van der Waals surface area contributed by atoms with Crippen molar-refractivity contribution >= 4 is 17.9 Å². The van der Waals surface area contributed by atoms with E-state index in [9.17, 15) is 39.9 Å². The smallest absolute Gasteiger partial charge is 0.336 e. The molecule has 1 heterocycles. The Kier molecular flexibility index (Phi) is 8.49. The number of carboxylic acid groups (broad SMARTS) is 2. The van der Waals surface area contributed by atoms with Gasteiger partial charge in [-0.25, -0.2) is 4.79 Å². The zero-order valence-corrected chi connectivity index (χ0v) is 16.6.